The molecular weight excluding hydrogens is 340 g/mol. The van der Waals surface area contributed by atoms with Gasteiger partial charge in [-0.05, 0) is 19.1 Å². The van der Waals surface area contributed by atoms with Gasteiger partial charge in [-0.2, -0.15) is 0 Å². The second kappa shape index (κ2) is 5.87. The predicted molar refractivity (Wildman–Crippen MR) is 81.0 cm³/mol. The number of anilines is 1. The zero-order valence-electron chi connectivity index (χ0n) is 12.9. The fraction of sp³-hybridized carbons (Fsp3) is 0.176. The average molecular weight is 352 g/mol. The van der Waals surface area contributed by atoms with Crippen molar-refractivity contribution in [3.63, 3.8) is 0 Å². The van der Waals surface area contributed by atoms with Crippen LogP contribution in [0, 0.1) is 17.5 Å². The number of fused-ring (bicyclic) bond motifs is 1. The summed E-state index contributed by atoms with van der Waals surface area (Å²) >= 11 is 0. The number of carbonyl (C=O) groups excluding carboxylic acids is 2. The molecule has 1 aliphatic rings. The maximum Gasteiger partial charge on any atom is 0.266 e. The summed E-state index contributed by atoms with van der Waals surface area (Å²) in [6, 6.07) is 4.88. The van der Waals surface area contributed by atoms with Crippen molar-refractivity contribution >= 4 is 17.5 Å². The molecule has 130 valence electrons. The number of rotatable bonds is 3. The van der Waals surface area contributed by atoms with Crippen LogP contribution in [0.25, 0.3) is 0 Å². The molecule has 8 heteroatoms. The highest BCUT2D eigenvalue weighted by atomic mass is 19.2. The van der Waals surface area contributed by atoms with E-state index in [0.717, 1.165) is 6.92 Å². The summed E-state index contributed by atoms with van der Waals surface area (Å²) in [5.41, 5.74) is -2.35. The van der Waals surface area contributed by atoms with E-state index in [2.05, 4.69) is 10.6 Å². The molecule has 2 N–H and O–H groups in total. The van der Waals surface area contributed by atoms with E-state index in [-0.39, 0.29) is 16.8 Å². The summed E-state index contributed by atoms with van der Waals surface area (Å²) in [5, 5.41) is 4.62. The molecule has 0 spiro atoms. The molecule has 0 radical (unpaired) electrons. The quantitative estimate of drug-likeness (QED) is 0.834. The summed E-state index contributed by atoms with van der Waals surface area (Å²) in [6.07, 6.45) is 0. The number of carbonyl (C=O) groups is 2. The van der Waals surface area contributed by atoms with E-state index < -0.39 is 47.0 Å². The molecule has 0 aliphatic carbocycles. The second-order valence-electron chi connectivity index (χ2n) is 5.75. The Bertz CT molecular complexity index is 873. The highest BCUT2D eigenvalue weighted by molar-refractivity contribution is 6.06. The Balaban J connectivity index is 1.78. The van der Waals surface area contributed by atoms with Crippen LogP contribution in [0.1, 0.15) is 28.4 Å². The van der Waals surface area contributed by atoms with Crippen LogP contribution in [0.5, 0.6) is 0 Å². The van der Waals surface area contributed by atoms with Crippen molar-refractivity contribution < 1.29 is 27.2 Å². The fourth-order valence-electron chi connectivity index (χ4n) is 2.57. The molecule has 1 heterocycles. The van der Waals surface area contributed by atoms with E-state index in [1.807, 2.05) is 0 Å². The summed E-state index contributed by atoms with van der Waals surface area (Å²) in [7, 11) is 0. The lowest BCUT2D eigenvalue weighted by molar-refractivity contribution is -0.125. The second-order valence-corrected chi connectivity index (χ2v) is 5.75. The first-order valence-electron chi connectivity index (χ1n) is 7.26. The molecule has 1 unspecified atom stereocenters. The average Bonchev–Trinajstić information content (AvgIpc) is 2.75. The van der Waals surface area contributed by atoms with E-state index >= 15 is 0 Å². The maximum atomic E-state index is 14.2. The molecule has 4 nitrogen and oxygen atoms in total. The SMILES string of the molecule is CC1(F)C(=O)Nc2cc(C(=O)NCc3c(F)cc(F)cc3F)ccc21. The Morgan fingerprint density at radius 2 is 1.80 bits per heavy atom. The van der Waals surface area contributed by atoms with Gasteiger partial charge in [-0.25, -0.2) is 17.6 Å². The first-order valence-corrected chi connectivity index (χ1v) is 7.26. The minimum absolute atomic E-state index is 0.0691. The lowest BCUT2D eigenvalue weighted by Gasteiger charge is -2.11. The smallest absolute Gasteiger partial charge is 0.266 e. The van der Waals surface area contributed by atoms with Crippen molar-refractivity contribution in [2.45, 2.75) is 19.1 Å². The number of hydrogen-bond acceptors (Lipinski definition) is 2. The third-order valence-corrected chi connectivity index (χ3v) is 3.99. The van der Waals surface area contributed by atoms with Crippen LogP contribution in [0.4, 0.5) is 23.2 Å². The molecule has 0 saturated carbocycles. The highest BCUT2D eigenvalue weighted by Crippen LogP contribution is 2.39. The summed E-state index contributed by atoms with van der Waals surface area (Å²) < 4.78 is 54.2. The van der Waals surface area contributed by atoms with Gasteiger partial charge in [0.15, 0.2) is 0 Å². The van der Waals surface area contributed by atoms with Gasteiger partial charge in [-0.3, -0.25) is 9.59 Å². The van der Waals surface area contributed by atoms with Gasteiger partial charge in [0.2, 0.25) is 5.67 Å². The van der Waals surface area contributed by atoms with Crippen molar-refractivity contribution in [1.82, 2.24) is 5.32 Å². The summed E-state index contributed by atoms with van der Waals surface area (Å²) in [6.45, 7) is 0.606. The number of halogens is 4. The van der Waals surface area contributed by atoms with Gasteiger partial charge in [0, 0.05) is 41.1 Å². The van der Waals surface area contributed by atoms with E-state index in [1.165, 1.54) is 18.2 Å². The largest absolute Gasteiger partial charge is 0.348 e. The minimum atomic E-state index is -2.19. The highest BCUT2D eigenvalue weighted by Gasteiger charge is 2.43. The Labute approximate surface area is 139 Å². The fourth-order valence-corrected chi connectivity index (χ4v) is 2.57. The van der Waals surface area contributed by atoms with Gasteiger partial charge >= 0.3 is 0 Å². The van der Waals surface area contributed by atoms with Gasteiger partial charge in [-0.15, -0.1) is 0 Å². The molecule has 2 amide bonds. The normalized spacial score (nSPS) is 18.7. The van der Waals surface area contributed by atoms with Crippen LogP contribution in [0.15, 0.2) is 30.3 Å². The van der Waals surface area contributed by atoms with Gasteiger partial charge in [0.25, 0.3) is 11.8 Å². The Hall–Kier alpha value is -2.90. The number of nitrogens with one attached hydrogen (secondary N) is 2. The van der Waals surface area contributed by atoms with Crippen molar-refractivity contribution in [3.05, 3.63) is 64.5 Å². The number of alkyl halides is 1. The first-order chi connectivity index (χ1) is 11.7. The Kier molecular flexibility index (Phi) is 3.98. The lowest BCUT2D eigenvalue weighted by atomic mass is 9.98. The third kappa shape index (κ3) is 2.95. The van der Waals surface area contributed by atoms with E-state index in [9.17, 15) is 27.2 Å². The van der Waals surface area contributed by atoms with Crippen molar-refractivity contribution in [2.24, 2.45) is 0 Å². The van der Waals surface area contributed by atoms with E-state index in [4.69, 9.17) is 0 Å². The predicted octanol–water partition coefficient (Wildman–Crippen LogP) is 3.17. The Morgan fingerprint density at radius 1 is 1.16 bits per heavy atom. The number of benzene rings is 2. The molecule has 2 aromatic rings. The maximum absolute atomic E-state index is 14.2. The summed E-state index contributed by atoms with van der Waals surface area (Å²) in [5.74, 6) is -4.82. The van der Waals surface area contributed by atoms with Crippen LogP contribution in [0.2, 0.25) is 0 Å². The zero-order valence-corrected chi connectivity index (χ0v) is 12.9. The van der Waals surface area contributed by atoms with Gasteiger partial charge in [0.1, 0.15) is 17.5 Å². The van der Waals surface area contributed by atoms with Crippen LogP contribution in [-0.2, 0) is 17.0 Å². The summed E-state index contributed by atoms with van der Waals surface area (Å²) in [4.78, 5) is 23.7. The van der Waals surface area contributed by atoms with E-state index in [1.54, 1.807) is 0 Å². The van der Waals surface area contributed by atoms with E-state index in [0.29, 0.717) is 12.1 Å². The van der Waals surface area contributed by atoms with Gasteiger partial charge < -0.3 is 10.6 Å². The van der Waals surface area contributed by atoms with Crippen LogP contribution in [-0.4, -0.2) is 11.8 Å². The molecule has 1 atom stereocenters. The molecule has 25 heavy (non-hydrogen) atoms. The molecule has 2 aromatic carbocycles. The van der Waals surface area contributed by atoms with Crippen molar-refractivity contribution in [3.8, 4) is 0 Å². The molecule has 0 bridgehead atoms. The number of amides is 2. The molecule has 3 rings (SSSR count). The van der Waals surface area contributed by atoms with Crippen LogP contribution in [0.3, 0.4) is 0 Å². The van der Waals surface area contributed by atoms with Gasteiger partial charge in [0.05, 0.1) is 0 Å². The Morgan fingerprint density at radius 3 is 2.44 bits per heavy atom. The molecule has 1 aliphatic heterocycles. The monoisotopic (exact) mass is 352 g/mol. The van der Waals surface area contributed by atoms with Crippen LogP contribution >= 0.6 is 0 Å². The molecule has 0 saturated heterocycles. The third-order valence-electron chi connectivity index (χ3n) is 3.99. The van der Waals surface area contributed by atoms with Crippen molar-refractivity contribution in [2.75, 3.05) is 5.32 Å². The van der Waals surface area contributed by atoms with Crippen molar-refractivity contribution in [1.29, 1.82) is 0 Å². The minimum Gasteiger partial charge on any atom is -0.348 e. The molecule has 0 fully saturated rings. The number of hydrogen-bond donors (Lipinski definition) is 2. The first kappa shape index (κ1) is 16.9. The van der Waals surface area contributed by atoms with Crippen LogP contribution < -0.4 is 10.6 Å². The standard InChI is InChI=1S/C17H12F4N2O2/c1-17(21)11-3-2-8(4-14(11)23-16(17)25)15(24)22-7-10-12(19)5-9(18)6-13(10)20/h2-6H,7H2,1H3,(H,22,24)(H,23,25). The van der Waals surface area contributed by atoms with Gasteiger partial charge in [-0.1, -0.05) is 6.07 Å². The molecule has 0 aromatic heterocycles. The lowest BCUT2D eigenvalue weighted by Crippen LogP contribution is -2.25. The molecular formula is C17H12F4N2O2. The topological polar surface area (TPSA) is 58.2 Å². The zero-order chi connectivity index (χ0) is 18.4.